The molecule has 116 valence electrons. The topological polar surface area (TPSA) is 38.3 Å². The highest BCUT2D eigenvalue weighted by atomic mass is 35.5. The fourth-order valence-corrected chi connectivity index (χ4v) is 2.18. The van der Waals surface area contributed by atoms with Gasteiger partial charge in [-0.25, -0.2) is 9.87 Å². The Hall–Kier alpha value is -1.91. The molecule has 0 aliphatic heterocycles. The Balaban J connectivity index is 1.99. The van der Waals surface area contributed by atoms with Crippen molar-refractivity contribution in [2.24, 2.45) is 0 Å². The first-order chi connectivity index (χ1) is 10.4. The molecule has 5 heteroatoms. The minimum atomic E-state index is -0.764. The molecule has 2 aromatic rings. The van der Waals surface area contributed by atoms with Crippen molar-refractivity contribution in [3.63, 3.8) is 0 Å². The fourth-order valence-electron chi connectivity index (χ4n) is 1.96. The lowest BCUT2D eigenvalue weighted by Crippen LogP contribution is -2.40. The number of hydrogen-bond donors (Lipinski definition) is 1. The summed E-state index contributed by atoms with van der Waals surface area (Å²) in [7, 11) is 0. The monoisotopic (exact) mass is 321 g/mol. The molecule has 0 spiro atoms. The molecule has 0 saturated carbocycles. The van der Waals surface area contributed by atoms with E-state index in [-0.39, 0.29) is 23.1 Å². The van der Waals surface area contributed by atoms with Crippen molar-refractivity contribution >= 4 is 17.5 Å². The Morgan fingerprint density at radius 1 is 1.18 bits per heavy atom. The Morgan fingerprint density at radius 3 is 2.50 bits per heavy atom. The number of halogens is 2. The van der Waals surface area contributed by atoms with Crippen LogP contribution in [0.3, 0.4) is 0 Å². The van der Waals surface area contributed by atoms with Crippen LogP contribution in [0.15, 0.2) is 48.5 Å². The van der Waals surface area contributed by atoms with Crippen molar-refractivity contribution in [3.05, 3.63) is 70.5 Å². The highest BCUT2D eigenvalue weighted by Crippen LogP contribution is 2.23. The van der Waals surface area contributed by atoms with Crippen LogP contribution in [0.1, 0.15) is 25.0 Å². The summed E-state index contributed by atoms with van der Waals surface area (Å²) in [5.41, 5.74) is 2.67. The van der Waals surface area contributed by atoms with Crippen LogP contribution in [0.25, 0.3) is 0 Å². The molecule has 0 fully saturated rings. The van der Waals surface area contributed by atoms with Gasteiger partial charge in [-0.1, -0.05) is 48.0 Å². The highest BCUT2D eigenvalue weighted by Gasteiger charge is 2.29. The van der Waals surface area contributed by atoms with E-state index in [1.165, 1.54) is 12.1 Å². The smallest absolute Gasteiger partial charge is 0.253 e. The number of hydrogen-bond acceptors (Lipinski definition) is 2. The van der Waals surface area contributed by atoms with E-state index >= 15 is 0 Å². The van der Waals surface area contributed by atoms with Crippen molar-refractivity contribution in [3.8, 4) is 0 Å². The van der Waals surface area contributed by atoms with Gasteiger partial charge < -0.3 is 0 Å². The summed E-state index contributed by atoms with van der Waals surface area (Å²) in [6.07, 6.45) is 0. The first-order valence-electron chi connectivity index (χ1n) is 6.83. The van der Waals surface area contributed by atoms with Crippen LogP contribution >= 0.6 is 11.6 Å². The third kappa shape index (κ3) is 3.64. The molecule has 1 amide bonds. The highest BCUT2D eigenvalue weighted by molar-refractivity contribution is 6.31. The molecule has 0 aliphatic rings. The maximum Gasteiger partial charge on any atom is 0.253 e. The quantitative estimate of drug-likeness (QED) is 0.845. The third-order valence-corrected chi connectivity index (χ3v) is 3.86. The van der Waals surface area contributed by atoms with E-state index in [0.29, 0.717) is 0 Å². The average molecular weight is 322 g/mol. The van der Waals surface area contributed by atoms with Gasteiger partial charge in [0, 0.05) is 10.6 Å². The number of benzene rings is 2. The second-order valence-corrected chi connectivity index (χ2v) is 5.82. The van der Waals surface area contributed by atoms with E-state index in [1.54, 1.807) is 19.9 Å². The first kappa shape index (κ1) is 16.5. The zero-order chi connectivity index (χ0) is 16.2. The van der Waals surface area contributed by atoms with E-state index in [9.17, 15) is 9.18 Å². The molecule has 2 aromatic carbocycles. The van der Waals surface area contributed by atoms with Gasteiger partial charge in [0.1, 0.15) is 12.4 Å². The second kappa shape index (κ2) is 6.90. The molecule has 0 atom stereocenters. The summed E-state index contributed by atoms with van der Waals surface area (Å²) < 4.78 is 13.6. The Morgan fingerprint density at radius 2 is 1.86 bits per heavy atom. The molecule has 0 radical (unpaired) electrons. The average Bonchev–Trinajstić information content (AvgIpc) is 2.51. The van der Waals surface area contributed by atoms with Gasteiger partial charge in [-0.15, -0.1) is 0 Å². The molecule has 0 bridgehead atoms. The number of nitrogens with one attached hydrogen (secondary N) is 1. The maximum atomic E-state index is 13.6. The molecule has 0 aromatic heterocycles. The fraction of sp³-hybridized carbons (Fsp3) is 0.235. The number of amides is 1. The Kier molecular flexibility index (Phi) is 5.16. The minimum Gasteiger partial charge on any atom is -0.272 e. The molecule has 2 rings (SSSR count). The van der Waals surface area contributed by atoms with Crippen LogP contribution in [0.4, 0.5) is 4.39 Å². The van der Waals surface area contributed by atoms with Crippen LogP contribution in [0, 0.1) is 5.82 Å². The Labute approximate surface area is 134 Å². The van der Waals surface area contributed by atoms with E-state index in [2.05, 4.69) is 5.48 Å². The van der Waals surface area contributed by atoms with E-state index in [1.807, 2.05) is 30.3 Å². The van der Waals surface area contributed by atoms with Crippen LogP contribution < -0.4 is 5.48 Å². The van der Waals surface area contributed by atoms with Crippen molar-refractivity contribution in [1.29, 1.82) is 0 Å². The minimum absolute atomic E-state index is 0.137. The summed E-state index contributed by atoms with van der Waals surface area (Å²) in [6, 6.07) is 13.7. The molecular formula is C17H17ClFNO2. The molecule has 0 aliphatic carbocycles. The van der Waals surface area contributed by atoms with Crippen molar-refractivity contribution < 1.29 is 14.0 Å². The predicted molar refractivity (Wildman–Crippen MR) is 83.8 cm³/mol. The molecule has 0 unspecified atom stereocenters. The van der Waals surface area contributed by atoms with E-state index in [0.717, 1.165) is 5.56 Å². The lowest BCUT2D eigenvalue weighted by Gasteiger charge is -2.23. The van der Waals surface area contributed by atoms with Gasteiger partial charge in [0.25, 0.3) is 5.91 Å². The molecule has 22 heavy (non-hydrogen) atoms. The number of hydroxylamine groups is 1. The largest absolute Gasteiger partial charge is 0.272 e. The predicted octanol–water partition coefficient (Wildman–Crippen LogP) is 4.00. The summed E-state index contributed by atoms with van der Waals surface area (Å²) in [6.45, 7) is 3.44. The van der Waals surface area contributed by atoms with Crippen molar-refractivity contribution in [2.75, 3.05) is 0 Å². The molecule has 1 N–H and O–H groups in total. The normalized spacial score (nSPS) is 11.3. The van der Waals surface area contributed by atoms with Gasteiger partial charge in [-0.2, -0.15) is 0 Å². The third-order valence-electron chi connectivity index (χ3n) is 3.51. The zero-order valence-electron chi connectivity index (χ0n) is 12.4. The molecule has 0 heterocycles. The van der Waals surface area contributed by atoms with Crippen LogP contribution in [-0.2, 0) is 21.7 Å². The maximum absolute atomic E-state index is 13.6. The summed E-state index contributed by atoms with van der Waals surface area (Å²) in [5.74, 6) is -0.782. The van der Waals surface area contributed by atoms with Crippen LogP contribution in [0.2, 0.25) is 5.02 Å². The summed E-state index contributed by atoms with van der Waals surface area (Å²) >= 11 is 5.90. The van der Waals surface area contributed by atoms with E-state index in [4.69, 9.17) is 16.4 Å². The lowest BCUT2D eigenvalue weighted by molar-refractivity contribution is -0.139. The zero-order valence-corrected chi connectivity index (χ0v) is 13.2. The summed E-state index contributed by atoms with van der Waals surface area (Å²) in [5, 5.41) is 0.261. The molecule has 3 nitrogen and oxygen atoms in total. The molecular weight excluding hydrogens is 305 g/mol. The van der Waals surface area contributed by atoms with Gasteiger partial charge >= 0.3 is 0 Å². The van der Waals surface area contributed by atoms with Gasteiger partial charge in [0.05, 0.1) is 5.41 Å². The standard InChI is InChI=1S/C17H17ClFNO2/c1-17(2,12-7-4-3-5-8-12)16(21)20-22-11-13-14(18)9-6-10-15(13)19/h3-10H,11H2,1-2H3,(H,20,21). The number of carbonyl (C=O) groups is 1. The van der Waals surface area contributed by atoms with Crippen LogP contribution in [0.5, 0.6) is 0 Å². The second-order valence-electron chi connectivity index (χ2n) is 5.41. The van der Waals surface area contributed by atoms with Gasteiger partial charge in [-0.05, 0) is 31.5 Å². The number of rotatable bonds is 5. The number of carbonyl (C=O) groups excluding carboxylic acids is 1. The van der Waals surface area contributed by atoms with Crippen LogP contribution in [-0.4, -0.2) is 5.91 Å². The van der Waals surface area contributed by atoms with Gasteiger partial charge in [0.2, 0.25) is 0 Å². The van der Waals surface area contributed by atoms with E-state index < -0.39 is 11.2 Å². The lowest BCUT2D eigenvalue weighted by atomic mass is 9.84. The molecule has 0 saturated heterocycles. The SMILES string of the molecule is CC(C)(C(=O)NOCc1c(F)cccc1Cl)c1ccccc1. The summed E-state index contributed by atoms with van der Waals surface area (Å²) in [4.78, 5) is 17.4. The van der Waals surface area contributed by atoms with Gasteiger partial charge in [-0.3, -0.25) is 9.63 Å². The van der Waals surface area contributed by atoms with Crippen molar-refractivity contribution in [1.82, 2.24) is 5.48 Å². The Bertz CT molecular complexity index is 639. The van der Waals surface area contributed by atoms with Gasteiger partial charge in [0.15, 0.2) is 0 Å². The van der Waals surface area contributed by atoms with Crippen molar-refractivity contribution in [2.45, 2.75) is 25.9 Å². The first-order valence-corrected chi connectivity index (χ1v) is 7.21.